The van der Waals surface area contributed by atoms with Gasteiger partial charge in [0.15, 0.2) is 0 Å². The molecule has 2 aliphatic heterocycles. The number of benzene rings is 2. The summed E-state index contributed by atoms with van der Waals surface area (Å²) >= 11 is 0. The number of hydrogen-bond donors (Lipinski definition) is 1. The van der Waals surface area contributed by atoms with Gasteiger partial charge in [-0.25, -0.2) is 4.79 Å². The first-order valence-corrected chi connectivity index (χ1v) is 16.1. The van der Waals surface area contributed by atoms with Gasteiger partial charge in [0.05, 0.1) is 17.0 Å². The number of carbonyl (C=O) groups excluding carboxylic acids is 2. The largest absolute Gasteiger partial charge is 0.480 e. The van der Waals surface area contributed by atoms with Crippen LogP contribution in [0.1, 0.15) is 61.5 Å². The lowest BCUT2D eigenvalue weighted by Crippen LogP contribution is -2.50. The van der Waals surface area contributed by atoms with E-state index in [4.69, 9.17) is 0 Å². The van der Waals surface area contributed by atoms with E-state index in [0.29, 0.717) is 12.8 Å². The Hall–Kier alpha value is -3.10. The van der Waals surface area contributed by atoms with Crippen LogP contribution in [-0.4, -0.2) is 43.9 Å². The molecule has 5 rings (SSSR count). The van der Waals surface area contributed by atoms with Crippen LogP contribution in [0.3, 0.4) is 0 Å². The predicted octanol–water partition coefficient (Wildman–Crippen LogP) is 6.55. The molecule has 1 fully saturated rings. The highest BCUT2D eigenvalue weighted by Gasteiger charge is 2.42. The molecule has 1 N–H and O–H groups in total. The maximum Gasteiger partial charge on any atom is 0.326 e. The van der Waals surface area contributed by atoms with Crippen molar-refractivity contribution in [3.63, 3.8) is 0 Å². The van der Waals surface area contributed by atoms with E-state index in [1.807, 2.05) is 61.5 Å². The smallest absolute Gasteiger partial charge is 0.326 e. The number of piperidine rings is 1. The summed E-state index contributed by atoms with van der Waals surface area (Å²) in [5, 5.41) is 9.43. The third-order valence-corrected chi connectivity index (χ3v) is 10.1. The van der Waals surface area contributed by atoms with Gasteiger partial charge in [0.2, 0.25) is 5.91 Å². The monoisotopic (exact) mass is 576 g/mol. The van der Waals surface area contributed by atoms with Gasteiger partial charge in [-0.1, -0.05) is 89.2 Å². The zero-order valence-electron chi connectivity index (χ0n) is 22.9. The van der Waals surface area contributed by atoms with Crippen LogP contribution in [0.5, 0.6) is 0 Å². The van der Waals surface area contributed by atoms with Crippen LogP contribution in [-0.2, 0) is 33.0 Å². The van der Waals surface area contributed by atoms with E-state index in [0.717, 1.165) is 36.3 Å². The lowest BCUT2D eigenvalue weighted by Gasteiger charge is -2.40. The molecule has 0 saturated carbocycles. The molecule has 2 aromatic carbocycles. The maximum atomic E-state index is 12.6. The van der Waals surface area contributed by atoms with Crippen molar-refractivity contribution in [1.82, 2.24) is 9.88 Å². The van der Waals surface area contributed by atoms with Crippen LogP contribution in [0.2, 0.25) is 0 Å². The molecule has 0 radical (unpaired) electrons. The number of hydrogen-bond acceptors (Lipinski definition) is 6. The zero-order valence-corrected chi connectivity index (χ0v) is 24.6. The number of ketones is 1. The quantitative estimate of drug-likeness (QED) is 0.304. The highest BCUT2D eigenvalue weighted by Crippen LogP contribution is 2.40. The molecule has 210 valence electrons. The van der Waals surface area contributed by atoms with Crippen molar-refractivity contribution in [2.75, 3.05) is 0 Å². The van der Waals surface area contributed by atoms with Gasteiger partial charge in [-0.3, -0.25) is 14.6 Å². The molecule has 8 heteroatoms. The third kappa shape index (κ3) is 7.76. The average Bonchev–Trinajstić information content (AvgIpc) is 3.07. The molecule has 1 saturated heterocycles. The fraction of sp³-hybridized carbons (Fsp3) is 0.375. The van der Waals surface area contributed by atoms with Gasteiger partial charge >= 0.3 is 5.97 Å². The van der Waals surface area contributed by atoms with Gasteiger partial charge in [-0.15, -0.1) is 0 Å². The Morgan fingerprint density at radius 3 is 2.45 bits per heavy atom. The Labute approximate surface area is 244 Å². The molecule has 0 spiro atoms. The Kier molecular flexibility index (Phi) is 10.8. The van der Waals surface area contributed by atoms with Crippen molar-refractivity contribution in [2.24, 2.45) is 5.92 Å². The highest BCUT2D eigenvalue weighted by molar-refractivity contribution is 8.76. The summed E-state index contributed by atoms with van der Waals surface area (Å²) < 4.78 is 0. The van der Waals surface area contributed by atoms with Gasteiger partial charge in [0.1, 0.15) is 11.8 Å². The summed E-state index contributed by atoms with van der Waals surface area (Å²) in [4.78, 5) is 41.8. The molecule has 4 atom stereocenters. The van der Waals surface area contributed by atoms with Crippen molar-refractivity contribution in [3.8, 4) is 0 Å². The summed E-state index contributed by atoms with van der Waals surface area (Å²) in [6.07, 6.45) is 5.57. The number of aliphatic carboxylic acids is 1. The SMILES string of the molecule is CC(=O)[C@H](Cc1ccccc1)SSCc1ccccn1.CC1Cc2ccccc2C2CCCC(C(=O)O)N2C1=O. The summed E-state index contributed by atoms with van der Waals surface area (Å²) in [6, 6.07) is 23.4. The van der Waals surface area contributed by atoms with Gasteiger partial charge in [0, 0.05) is 17.9 Å². The summed E-state index contributed by atoms with van der Waals surface area (Å²) in [5.41, 5.74) is 4.58. The van der Waals surface area contributed by atoms with E-state index >= 15 is 0 Å². The number of carboxylic acid groups (broad SMARTS) is 1. The fourth-order valence-corrected chi connectivity index (χ4v) is 7.90. The average molecular weight is 577 g/mol. The van der Waals surface area contributed by atoms with Crippen molar-refractivity contribution < 1.29 is 19.5 Å². The molecule has 2 aliphatic rings. The number of nitrogens with zero attached hydrogens (tertiary/aromatic N) is 2. The summed E-state index contributed by atoms with van der Waals surface area (Å²) in [7, 11) is 3.34. The fourth-order valence-electron chi connectivity index (χ4n) is 5.31. The topological polar surface area (TPSA) is 87.6 Å². The van der Waals surface area contributed by atoms with E-state index in [1.165, 1.54) is 11.1 Å². The van der Waals surface area contributed by atoms with Crippen molar-refractivity contribution >= 4 is 39.2 Å². The minimum atomic E-state index is -0.880. The van der Waals surface area contributed by atoms with Crippen LogP contribution in [0.15, 0.2) is 79.0 Å². The van der Waals surface area contributed by atoms with Gasteiger partial charge in [0.25, 0.3) is 0 Å². The second-order valence-corrected chi connectivity index (χ2v) is 12.9. The van der Waals surface area contributed by atoms with Crippen LogP contribution in [0.4, 0.5) is 0 Å². The Bertz CT molecular complexity index is 1290. The molecule has 3 aromatic rings. The normalized spacial score (nSPS) is 20.7. The standard InChI is InChI=1S/C16H19NO3.C16H17NOS2/c1-10-9-11-5-2-3-6-12(11)13-7-4-8-14(16(19)20)17(13)15(10)18;1-13(18)16(11-14-7-3-2-4-8-14)20-19-12-15-9-5-6-10-17-15/h2-3,5-6,10,13-14H,4,7-9H2,1H3,(H,19,20);2-10,16H,11-12H2,1H3/t;16-/m.0/s1. The number of carboxylic acids is 1. The highest BCUT2D eigenvalue weighted by atomic mass is 33.1. The minimum Gasteiger partial charge on any atom is -0.480 e. The molecule has 0 aliphatic carbocycles. The molecule has 1 aromatic heterocycles. The van der Waals surface area contributed by atoms with Gasteiger partial charge in [-0.2, -0.15) is 0 Å². The Balaban J connectivity index is 0.000000185. The first kappa shape index (κ1) is 29.9. The van der Waals surface area contributed by atoms with E-state index in [1.54, 1.807) is 39.6 Å². The minimum absolute atomic E-state index is 0.00566. The second-order valence-electron chi connectivity index (χ2n) is 10.3. The number of amides is 1. The predicted molar refractivity (Wildman–Crippen MR) is 162 cm³/mol. The zero-order chi connectivity index (χ0) is 28.5. The van der Waals surface area contributed by atoms with Crippen molar-refractivity contribution in [1.29, 1.82) is 0 Å². The molecule has 0 bridgehead atoms. The second kappa shape index (κ2) is 14.5. The van der Waals surface area contributed by atoms with Crippen LogP contribution < -0.4 is 0 Å². The van der Waals surface area contributed by atoms with Crippen LogP contribution >= 0.6 is 21.6 Å². The maximum absolute atomic E-state index is 12.6. The van der Waals surface area contributed by atoms with E-state index in [9.17, 15) is 19.5 Å². The summed E-state index contributed by atoms with van der Waals surface area (Å²) in [6.45, 7) is 3.57. The van der Waals surface area contributed by atoms with Crippen molar-refractivity contribution in [3.05, 3.63) is 101 Å². The molecule has 40 heavy (non-hydrogen) atoms. The van der Waals surface area contributed by atoms with E-state index < -0.39 is 12.0 Å². The summed E-state index contributed by atoms with van der Waals surface area (Å²) in [5.74, 6) is 0.00534. The molecule has 1 amide bonds. The number of rotatable bonds is 8. The molecule has 3 heterocycles. The van der Waals surface area contributed by atoms with Gasteiger partial charge in [-0.05, 0) is 67.9 Å². The van der Waals surface area contributed by atoms with E-state index in [2.05, 4.69) is 23.2 Å². The first-order chi connectivity index (χ1) is 19.3. The molecule has 6 nitrogen and oxygen atoms in total. The van der Waals surface area contributed by atoms with Crippen LogP contribution in [0, 0.1) is 5.92 Å². The first-order valence-electron chi connectivity index (χ1n) is 13.7. The number of fused-ring (bicyclic) bond motifs is 3. The Morgan fingerprint density at radius 2 is 1.75 bits per heavy atom. The molecular formula is C32H36N2O4S2. The Morgan fingerprint density at radius 1 is 1.02 bits per heavy atom. The van der Waals surface area contributed by atoms with Gasteiger partial charge < -0.3 is 10.0 Å². The number of pyridine rings is 1. The third-order valence-electron chi connectivity index (χ3n) is 7.36. The lowest BCUT2D eigenvalue weighted by atomic mass is 9.89. The number of aromatic nitrogens is 1. The molecular weight excluding hydrogens is 540 g/mol. The van der Waals surface area contributed by atoms with Crippen LogP contribution in [0.25, 0.3) is 0 Å². The number of Topliss-reactive ketones (excluding diaryl/α,β-unsaturated/α-hetero) is 1. The van der Waals surface area contributed by atoms with Crippen molar-refractivity contribution in [2.45, 2.75) is 69.0 Å². The molecule has 3 unspecified atom stereocenters. The lowest BCUT2D eigenvalue weighted by molar-refractivity contribution is -0.156. The number of carbonyl (C=O) groups is 3. The van der Waals surface area contributed by atoms with E-state index in [-0.39, 0.29) is 28.9 Å².